The van der Waals surface area contributed by atoms with Gasteiger partial charge in [0, 0.05) is 11.3 Å². The lowest BCUT2D eigenvalue weighted by Crippen LogP contribution is -2.16. The van der Waals surface area contributed by atoms with Crippen LogP contribution in [0.1, 0.15) is 47.0 Å². The highest BCUT2D eigenvalue weighted by atomic mass is 19.1. The lowest BCUT2D eigenvalue weighted by atomic mass is 9.88. The summed E-state index contributed by atoms with van der Waals surface area (Å²) in [6, 6.07) is 9.95. The summed E-state index contributed by atoms with van der Waals surface area (Å²) in [5.74, 6) is 0.288. The van der Waals surface area contributed by atoms with Crippen LogP contribution in [-0.4, -0.2) is 10.7 Å². The number of nitrogens with zero attached hydrogens (tertiary/aromatic N) is 2. The second-order valence-electron chi connectivity index (χ2n) is 6.63. The van der Waals surface area contributed by atoms with Crippen LogP contribution < -0.4 is 10.5 Å². The number of hydrogen-bond acceptors (Lipinski definition) is 6. The first-order valence-electron chi connectivity index (χ1n) is 8.83. The van der Waals surface area contributed by atoms with Gasteiger partial charge in [-0.05, 0) is 60.7 Å². The number of aryl methyl sites for hydroxylation is 1. The van der Waals surface area contributed by atoms with Crippen LogP contribution in [0.3, 0.4) is 0 Å². The zero-order valence-electron chi connectivity index (χ0n) is 14.9. The lowest BCUT2D eigenvalue weighted by Gasteiger charge is -2.27. The molecule has 2 aromatic carbocycles. The maximum atomic E-state index is 14.1. The molecule has 4 rings (SSSR count). The molecule has 1 atom stereocenters. The van der Waals surface area contributed by atoms with Gasteiger partial charge in [0.15, 0.2) is 12.2 Å². The van der Waals surface area contributed by atoms with Crippen LogP contribution in [0.15, 0.2) is 47.3 Å². The molecule has 3 N–H and O–H groups in total. The number of nitrogen functional groups attached to an aromatic ring is 1. The van der Waals surface area contributed by atoms with Gasteiger partial charge in [-0.3, -0.25) is 5.41 Å². The van der Waals surface area contributed by atoms with Crippen molar-refractivity contribution in [2.45, 2.75) is 25.4 Å². The Morgan fingerprint density at radius 2 is 2.21 bits per heavy atom. The van der Waals surface area contributed by atoms with E-state index in [1.165, 1.54) is 18.7 Å². The lowest BCUT2D eigenvalue weighted by molar-refractivity contribution is 0.183. The standard InChI is InChI=1S/C21H17FN4O2/c22-17-8-15-12(6-13(17)9-23)2-1-3-19(15)28-14-4-5-18(24)16(7-14)21(25)20-10-26-11-27-20/h4-8,10-11,19,25H,1-3,24H2. The summed E-state index contributed by atoms with van der Waals surface area (Å²) in [5, 5.41) is 17.3. The van der Waals surface area contributed by atoms with E-state index in [1.54, 1.807) is 24.3 Å². The molecule has 0 spiro atoms. The molecule has 7 heteroatoms. The average Bonchev–Trinajstić information content (AvgIpc) is 3.24. The largest absolute Gasteiger partial charge is 0.486 e. The highest BCUT2D eigenvalue weighted by Crippen LogP contribution is 2.36. The maximum absolute atomic E-state index is 14.1. The van der Waals surface area contributed by atoms with Crippen LogP contribution in [-0.2, 0) is 6.42 Å². The third-order valence-corrected chi connectivity index (χ3v) is 4.86. The van der Waals surface area contributed by atoms with Crippen LogP contribution in [0, 0.1) is 22.6 Å². The summed E-state index contributed by atoms with van der Waals surface area (Å²) in [5.41, 5.74) is 8.75. The van der Waals surface area contributed by atoms with E-state index in [-0.39, 0.29) is 17.4 Å². The number of halogens is 1. The minimum atomic E-state index is -0.540. The minimum Gasteiger partial charge on any atom is -0.486 e. The first kappa shape index (κ1) is 17.7. The van der Waals surface area contributed by atoms with Crippen LogP contribution in [0.5, 0.6) is 5.75 Å². The van der Waals surface area contributed by atoms with E-state index in [2.05, 4.69) is 4.98 Å². The van der Waals surface area contributed by atoms with Gasteiger partial charge in [-0.1, -0.05) is 0 Å². The Morgan fingerprint density at radius 1 is 1.36 bits per heavy atom. The van der Waals surface area contributed by atoms with Gasteiger partial charge in [0.05, 0.1) is 11.8 Å². The molecule has 1 heterocycles. The molecule has 3 aromatic rings. The molecule has 0 fully saturated rings. The number of benzene rings is 2. The number of oxazole rings is 1. The van der Waals surface area contributed by atoms with Gasteiger partial charge in [-0.25, -0.2) is 9.37 Å². The molecule has 6 nitrogen and oxygen atoms in total. The Morgan fingerprint density at radius 3 is 2.96 bits per heavy atom. The van der Waals surface area contributed by atoms with Gasteiger partial charge >= 0.3 is 0 Å². The number of hydrogen-bond donors (Lipinski definition) is 2. The Kier molecular flexibility index (Phi) is 4.53. The SMILES string of the molecule is N#Cc1cc2c(cc1F)C(Oc1ccc(N)c(C(=N)c3cnco3)c1)CCC2. The second kappa shape index (κ2) is 7.16. The molecule has 0 bridgehead atoms. The minimum absolute atomic E-state index is 0.0506. The summed E-state index contributed by atoms with van der Waals surface area (Å²) in [6.45, 7) is 0. The summed E-state index contributed by atoms with van der Waals surface area (Å²) in [4.78, 5) is 3.82. The van der Waals surface area contributed by atoms with Crippen molar-refractivity contribution in [2.75, 3.05) is 5.73 Å². The first-order chi connectivity index (χ1) is 13.6. The van der Waals surface area contributed by atoms with Crippen molar-refractivity contribution in [1.29, 1.82) is 10.7 Å². The van der Waals surface area contributed by atoms with Gasteiger partial charge in [-0.2, -0.15) is 5.26 Å². The number of rotatable bonds is 4. The monoisotopic (exact) mass is 376 g/mol. The van der Waals surface area contributed by atoms with Crippen molar-refractivity contribution in [3.63, 3.8) is 0 Å². The predicted molar refractivity (Wildman–Crippen MR) is 101 cm³/mol. The van der Waals surface area contributed by atoms with Crippen molar-refractivity contribution >= 4 is 11.4 Å². The predicted octanol–water partition coefficient (Wildman–Crippen LogP) is 4.14. The van der Waals surface area contributed by atoms with Crippen LogP contribution in [0.2, 0.25) is 0 Å². The number of nitrogens with two attached hydrogens (primary N) is 1. The highest BCUT2D eigenvalue weighted by Gasteiger charge is 2.24. The molecule has 0 amide bonds. The van der Waals surface area contributed by atoms with Crippen molar-refractivity contribution < 1.29 is 13.5 Å². The van der Waals surface area contributed by atoms with Gasteiger partial charge in [0.2, 0.25) is 0 Å². The molecular weight excluding hydrogens is 359 g/mol. The number of fused-ring (bicyclic) bond motifs is 1. The summed E-state index contributed by atoms with van der Waals surface area (Å²) in [6.07, 6.45) is 4.77. The summed E-state index contributed by atoms with van der Waals surface area (Å²) >= 11 is 0. The van der Waals surface area contributed by atoms with Gasteiger partial charge in [-0.15, -0.1) is 0 Å². The fraction of sp³-hybridized carbons (Fsp3) is 0.190. The van der Waals surface area contributed by atoms with E-state index in [1.807, 2.05) is 6.07 Å². The molecule has 140 valence electrons. The summed E-state index contributed by atoms with van der Waals surface area (Å²) in [7, 11) is 0. The first-order valence-corrected chi connectivity index (χ1v) is 8.83. The molecular formula is C21H17FN4O2. The zero-order valence-corrected chi connectivity index (χ0v) is 14.9. The Bertz CT molecular complexity index is 1090. The fourth-order valence-electron chi connectivity index (χ4n) is 3.45. The topological polar surface area (TPSA) is 109 Å². The number of aromatic nitrogens is 1. The van der Waals surface area contributed by atoms with Crippen LogP contribution in [0.25, 0.3) is 0 Å². The number of nitriles is 1. The molecule has 1 aliphatic rings. The average molecular weight is 376 g/mol. The molecule has 0 saturated heterocycles. The Labute approximate surface area is 160 Å². The van der Waals surface area contributed by atoms with Crippen molar-refractivity contribution in [2.24, 2.45) is 0 Å². The Hall–Kier alpha value is -3.66. The van der Waals surface area contributed by atoms with E-state index in [0.717, 1.165) is 30.4 Å². The summed E-state index contributed by atoms with van der Waals surface area (Å²) < 4.78 is 25.4. The fourth-order valence-corrected chi connectivity index (χ4v) is 3.45. The van der Waals surface area contributed by atoms with E-state index in [4.69, 9.17) is 25.6 Å². The maximum Gasteiger partial charge on any atom is 0.181 e. The van der Waals surface area contributed by atoms with Gasteiger partial charge < -0.3 is 14.9 Å². The number of ether oxygens (including phenoxy) is 1. The van der Waals surface area contributed by atoms with Gasteiger partial charge in [0.1, 0.15) is 29.5 Å². The molecule has 1 aromatic heterocycles. The molecule has 28 heavy (non-hydrogen) atoms. The zero-order chi connectivity index (χ0) is 19.7. The molecule has 0 saturated carbocycles. The van der Waals surface area contributed by atoms with Crippen LogP contribution >= 0.6 is 0 Å². The second-order valence-corrected chi connectivity index (χ2v) is 6.63. The van der Waals surface area contributed by atoms with E-state index < -0.39 is 5.82 Å². The van der Waals surface area contributed by atoms with Crippen LogP contribution in [0.4, 0.5) is 10.1 Å². The molecule has 1 unspecified atom stereocenters. The normalized spacial score (nSPS) is 15.5. The Balaban J connectivity index is 1.64. The molecule has 0 aliphatic heterocycles. The van der Waals surface area contributed by atoms with Gasteiger partial charge in [0.25, 0.3) is 0 Å². The van der Waals surface area contributed by atoms with E-state index >= 15 is 0 Å². The highest BCUT2D eigenvalue weighted by molar-refractivity contribution is 6.12. The van der Waals surface area contributed by atoms with Crippen molar-refractivity contribution in [1.82, 2.24) is 4.98 Å². The number of nitrogens with one attached hydrogen (secondary N) is 1. The molecule has 0 radical (unpaired) electrons. The third-order valence-electron chi connectivity index (χ3n) is 4.86. The smallest absolute Gasteiger partial charge is 0.181 e. The van der Waals surface area contributed by atoms with E-state index in [9.17, 15) is 4.39 Å². The van der Waals surface area contributed by atoms with Crippen molar-refractivity contribution in [3.05, 3.63) is 76.8 Å². The van der Waals surface area contributed by atoms with Crippen molar-refractivity contribution in [3.8, 4) is 11.8 Å². The number of anilines is 1. The molecule has 1 aliphatic carbocycles. The van der Waals surface area contributed by atoms with E-state index in [0.29, 0.717) is 22.8 Å². The quantitative estimate of drug-likeness (QED) is 0.525. The third kappa shape index (κ3) is 3.21.